The quantitative estimate of drug-likeness (QED) is 0.645. The predicted octanol–water partition coefficient (Wildman–Crippen LogP) is 4.44. The molecule has 0 aliphatic carbocycles. The van der Waals surface area contributed by atoms with Crippen LogP contribution in [0.4, 0.5) is 26.3 Å². The molecule has 0 amide bonds. The number of halogens is 7. The van der Waals surface area contributed by atoms with Gasteiger partial charge >= 0.3 is 6.18 Å². The van der Waals surface area contributed by atoms with Crippen LogP contribution in [0.3, 0.4) is 0 Å². The highest BCUT2D eigenvalue weighted by molar-refractivity contribution is 6.31. The van der Waals surface area contributed by atoms with Crippen LogP contribution < -0.4 is 0 Å². The molecule has 0 saturated heterocycles. The molecule has 1 aromatic rings. The summed E-state index contributed by atoms with van der Waals surface area (Å²) in [6.45, 7) is 0. The van der Waals surface area contributed by atoms with E-state index in [0.717, 1.165) is 0 Å². The van der Waals surface area contributed by atoms with Crippen molar-refractivity contribution in [2.24, 2.45) is 0 Å². The topological polar surface area (TPSA) is 0 Å². The Labute approximate surface area is 85.5 Å². The van der Waals surface area contributed by atoms with Gasteiger partial charge in [0.1, 0.15) is 5.82 Å². The second kappa shape index (κ2) is 3.92. The normalized spacial score (nSPS) is 12.3. The predicted molar refractivity (Wildman–Crippen MR) is 41.4 cm³/mol. The van der Waals surface area contributed by atoms with E-state index in [-0.39, 0.29) is 6.07 Å². The van der Waals surface area contributed by atoms with Crippen molar-refractivity contribution in [3.63, 3.8) is 0 Å². The van der Waals surface area contributed by atoms with E-state index >= 15 is 0 Å². The summed E-state index contributed by atoms with van der Waals surface area (Å²) in [7, 11) is 0. The van der Waals surface area contributed by atoms with Crippen LogP contribution in [-0.2, 0) is 6.18 Å². The number of alkyl halides is 5. The minimum Gasteiger partial charge on any atom is -0.207 e. The molecular weight excluding hydrogens is 246 g/mol. The molecule has 0 aromatic heterocycles. The summed E-state index contributed by atoms with van der Waals surface area (Å²) in [5.41, 5.74) is -3.15. The van der Waals surface area contributed by atoms with Crippen molar-refractivity contribution in [1.29, 1.82) is 0 Å². The van der Waals surface area contributed by atoms with Gasteiger partial charge in [0.2, 0.25) is 0 Å². The molecule has 1 aromatic carbocycles. The van der Waals surface area contributed by atoms with Gasteiger partial charge in [-0.05, 0) is 12.1 Å². The van der Waals surface area contributed by atoms with E-state index in [9.17, 15) is 26.3 Å². The summed E-state index contributed by atoms with van der Waals surface area (Å²) in [6.07, 6.45) is -8.47. The molecule has 7 heteroatoms. The number of benzene rings is 1. The van der Waals surface area contributed by atoms with Gasteiger partial charge in [-0.15, -0.1) is 0 Å². The van der Waals surface area contributed by atoms with E-state index in [1.807, 2.05) is 0 Å². The molecule has 0 N–H and O–H groups in total. The Morgan fingerprint density at radius 3 is 2.07 bits per heavy atom. The van der Waals surface area contributed by atoms with Crippen LogP contribution in [0.25, 0.3) is 0 Å². The van der Waals surface area contributed by atoms with Crippen molar-refractivity contribution in [2.45, 2.75) is 12.6 Å². The first-order valence-electron chi connectivity index (χ1n) is 3.57. The van der Waals surface area contributed by atoms with Crippen LogP contribution in [-0.4, -0.2) is 0 Å². The van der Waals surface area contributed by atoms with Crippen molar-refractivity contribution in [1.82, 2.24) is 0 Å². The Hall–Kier alpha value is -0.910. The third-order valence-corrected chi connectivity index (χ3v) is 1.90. The fourth-order valence-corrected chi connectivity index (χ4v) is 1.39. The van der Waals surface area contributed by atoms with E-state index in [1.54, 1.807) is 0 Å². The van der Waals surface area contributed by atoms with Crippen molar-refractivity contribution in [2.75, 3.05) is 0 Å². The first kappa shape index (κ1) is 12.2. The van der Waals surface area contributed by atoms with Crippen molar-refractivity contribution >= 4 is 11.6 Å². The highest BCUT2D eigenvalue weighted by atomic mass is 35.5. The van der Waals surface area contributed by atoms with Gasteiger partial charge in [-0.25, -0.2) is 13.2 Å². The zero-order valence-corrected chi connectivity index (χ0v) is 7.63. The first-order valence-corrected chi connectivity index (χ1v) is 3.95. The summed E-state index contributed by atoms with van der Waals surface area (Å²) in [4.78, 5) is 0. The van der Waals surface area contributed by atoms with Crippen molar-refractivity contribution in [3.05, 3.63) is 34.1 Å². The second-order valence-corrected chi connectivity index (χ2v) is 3.06. The minimum absolute atomic E-state index is 0.124. The van der Waals surface area contributed by atoms with E-state index in [0.29, 0.717) is 6.07 Å². The highest BCUT2D eigenvalue weighted by Crippen LogP contribution is 2.41. The van der Waals surface area contributed by atoms with Gasteiger partial charge in [-0.1, -0.05) is 11.6 Å². The fraction of sp³-hybridized carbons (Fsp3) is 0.250. The summed E-state index contributed by atoms with van der Waals surface area (Å²) in [5.74, 6) is -1.23. The Bertz CT molecular complexity index is 370. The Morgan fingerprint density at radius 1 is 1.13 bits per heavy atom. The maximum Gasteiger partial charge on any atom is 0.418 e. The average molecular weight is 249 g/mol. The lowest BCUT2D eigenvalue weighted by Crippen LogP contribution is -2.11. The van der Waals surface area contributed by atoms with E-state index in [1.165, 1.54) is 0 Å². The zero-order valence-electron chi connectivity index (χ0n) is 6.88. The summed E-state index contributed by atoms with van der Waals surface area (Å²) in [5, 5.41) is -1.07. The molecule has 0 saturated carbocycles. The van der Waals surface area contributed by atoms with E-state index < -0.39 is 34.6 Å². The molecule has 0 unspecified atom stereocenters. The smallest absolute Gasteiger partial charge is 0.207 e. The molecule has 0 fully saturated rings. The molecular formula is C8H3ClF6. The average Bonchev–Trinajstić information content (AvgIpc) is 1.99. The maximum atomic E-state index is 12.6. The molecule has 0 bridgehead atoms. The summed E-state index contributed by atoms with van der Waals surface area (Å²) < 4.78 is 73.7. The van der Waals surface area contributed by atoms with Crippen LogP contribution >= 0.6 is 11.6 Å². The van der Waals surface area contributed by atoms with Gasteiger partial charge in [-0.2, -0.15) is 13.2 Å². The minimum atomic E-state index is -5.03. The zero-order chi connectivity index (χ0) is 11.8. The molecule has 0 aliphatic heterocycles. The lowest BCUT2D eigenvalue weighted by molar-refractivity contribution is -0.139. The summed E-state index contributed by atoms with van der Waals surface area (Å²) >= 11 is 5.07. The molecule has 0 atom stereocenters. The lowest BCUT2D eigenvalue weighted by Gasteiger charge is -2.13. The van der Waals surface area contributed by atoms with Crippen molar-refractivity contribution in [3.8, 4) is 0 Å². The number of hydrogen-bond acceptors (Lipinski definition) is 0. The molecule has 0 nitrogen and oxygen atoms in total. The Balaban J connectivity index is 3.48. The van der Waals surface area contributed by atoms with Crippen LogP contribution in [0.5, 0.6) is 0 Å². The maximum absolute atomic E-state index is 12.6. The van der Waals surface area contributed by atoms with Crippen LogP contribution in [0, 0.1) is 5.82 Å². The van der Waals surface area contributed by atoms with Crippen LogP contribution in [0.15, 0.2) is 12.1 Å². The summed E-state index contributed by atoms with van der Waals surface area (Å²) in [6, 6.07) is 0.468. The molecule has 0 spiro atoms. The van der Waals surface area contributed by atoms with Gasteiger partial charge in [0, 0.05) is 5.56 Å². The largest absolute Gasteiger partial charge is 0.418 e. The van der Waals surface area contributed by atoms with Gasteiger partial charge in [0.15, 0.2) is 0 Å². The molecule has 84 valence electrons. The van der Waals surface area contributed by atoms with Crippen molar-refractivity contribution < 1.29 is 26.3 Å². The van der Waals surface area contributed by atoms with E-state index in [2.05, 4.69) is 0 Å². The highest BCUT2D eigenvalue weighted by Gasteiger charge is 2.38. The van der Waals surface area contributed by atoms with Gasteiger partial charge in [0.05, 0.1) is 10.6 Å². The molecule has 0 heterocycles. The second-order valence-electron chi connectivity index (χ2n) is 2.65. The molecule has 0 aliphatic rings. The standard InChI is InChI=1S/C8H3ClF6/c9-5-2-3(10)1-4(7(11)12)6(5)8(13,14)15/h1-2,7H. The number of hydrogen-bond donors (Lipinski definition) is 0. The van der Waals surface area contributed by atoms with E-state index in [4.69, 9.17) is 11.6 Å². The Morgan fingerprint density at radius 2 is 1.67 bits per heavy atom. The first-order chi connectivity index (χ1) is 6.73. The van der Waals surface area contributed by atoms with Gasteiger partial charge < -0.3 is 0 Å². The third-order valence-electron chi connectivity index (χ3n) is 1.60. The molecule has 1 rings (SSSR count). The van der Waals surface area contributed by atoms with Gasteiger partial charge in [-0.3, -0.25) is 0 Å². The Kier molecular flexibility index (Phi) is 3.18. The third kappa shape index (κ3) is 2.56. The fourth-order valence-electron chi connectivity index (χ4n) is 1.06. The lowest BCUT2D eigenvalue weighted by atomic mass is 10.1. The van der Waals surface area contributed by atoms with Crippen LogP contribution in [0.2, 0.25) is 5.02 Å². The monoisotopic (exact) mass is 248 g/mol. The number of rotatable bonds is 1. The van der Waals surface area contributed by atoms with Crippen LogP contribution in [0.1, 0.15) is 17.6 Å². The SMILES string of the molecule is Fc1cc(Cl)c(C(F)(F)F)c(C(F)F)c1. The van der Waals surface area contributed by atoms with Gasteiger partial charge in [0.25, 0.3) is 6.43 Å². The molecule has 15 heavy (non-hydrogen) atoms. The molecule has 0 radical (unpaired) electrons.